The molecule has 0 saturated carbocycles. The minimum absolute atomic E-state index is 0.0996. The van der Waals surface area contributed by atoms with Crippen LogP contribution >= 0.6 is 11.6 Å². The zero-order valence-corrected chi connectivity index (χ0v) is 13.1. The first-order chi connectivity index (χ1) is 10.3. The highest BCUT2D eigenvalue weighted by Gasteiger charge is 2.16. The molecule has 22 heavy (non-hydrogen) atoms. The smallest absolute Gasteiger partial charge is 0.149 e. The van der Waals surface area contributed by atoms with E-state index in [2.05, 4.69) is 4.98 Å². The van der Waals surface area contributed by atoms with Gasteiger partial charge in [-0.05, 0) is 37.6 Å². The van der Waals surface area contributed by atoms with Crippen LogP contribution in [-0.4, -0.2) is 20.3 Å². The van der Waals surface area contributed by atoms with E-state index < -0.39 is 11.4 Å². The van der Waals surface area contributed by atoms with Crippen molar-refractivity contribution in [2.45, 2.75) is 26.0 Å². The minimum Gasteiger partial charge on any atom is -0.389 e. The summed E-state index contributed by atoms with van der Waals surface area (Å²) in [7, 11) is 0. The number of aromatic nitrogens is 2. The molecule has 1 aromatic heterocycles. The second kappa shape index (κ2) is 5.38. The molecule has 0 spiro atoms. The van der Waals surface area contributed by atoms with E-state index in [1.54, 1.807) is 32.3 Å². The van der Waals surface area contributed by atoms with Crippen LogP contribution < -0.4 is 0 Å². The van der Waals surface area contributed by atoms with Crippen LogP contribution in [0.25, 0.3) is 22.2 Å². The van der Waals surface area contributed by atoms with Crippen molar-refractivity contribution in [2.24, 2.45) is 0 Å². The van der Waals surface area contributed by atoms with E-state index in [-0.39, 0.29) is 5.02 Å². The maximum Gasteiger partial charge on any atom is 0.149 e. The molecule has 0 aliphatic carbocycles. The van der Waals surface area contributed by atoms with Gasteiger partial charge in [0.2, 0.25) is 0 Å². The second-order valence-electron chi connectivity index (χ2n) is 5.99. The maximum atomic E-state index is 14.2. The summed E-state index contributed by atoms with van der Waals surface area (Å²) in [5.41, 5.74) is 1.97. The topological polar surface area (TPSA) is 38.0 Å². The van der Waals surface area contributed by atoms with Gasteiger partial charge in [0.1, 0.15) is 5.82 Å². The Morgan fingerprint density at radius 2 is 2.05 bits per heavy atom. The van der Waals surface area contributed by atoms with E-state index in [1.165, 1.54) is 6.07 Å². The van der Waals surface area contributed by atoms with Crippen LogP contribution in [0, 0.1) is 5.82 Å². The molecule has 0 saturated heterocycles. The number of benzene rings is 2. The minimum atomic E-state index is -0.856. The van der Waals surface area contributed by atoms with E-state index in [0.717, 1.165) is 16.6 Å². The highest BCUT2D eigenvalue weighted by molar-refractivity contribution is 6.31. The van der Waals surface area contributed by atoms with Crippen molar-refractivity contribution in [3.63, 3.8) is 0 Å². The van der Waals surface area contributed by atoms with Gasteiger partial charge in [-0.15, -0.1) is 0 Å². The molecule has 1 N–H and O–H groups in total. The van der Waals surface area contributed by atoms with Gasteiger partial charge in [-0.2, -0.15) is 0 Å². The summed E-state index contributed by atoms with van der Waals surface area (Å²) >= 11 is 5.85. The number of rotatable bonds is 3. The van der Waals surface area contributed by atoms with Gasteiger partial charge in [0, 0.05) is 5.56 Å². The number of aliphatic hydroxyl groups is 1. The molecular formula is C17H16ClFN2O. The van der Waals surface area contributed by atoms with Crippen molar-refractivity contribution in [1.29, 1.82) is 0 Å². The maximum absolute atomic E-state index is 14.2. The fourth-order valence-electron chi connectivity index (χ4n) is 2.49. The van der Waals surface area contributed by atoms with Crippen molar-refractivity contribution < 1.29 is 9.50 Å². The highest BCUT2D eigenvalue weighted by atomic mass is 35.5. The van der Waals surface area contributed by atoms with Gasteiger partial charge in [0.25, 0.3) is 0 Å². The summed E-state index contributed by atoms with van der Waals surface area (Å²) in [6.45, 7) is 3.88. The van der Waals surface area contributed by atoms with Gasteiger partial charge in [-0.25, -0.2) is 9.37 Å². The summed E-state index contributed by atoms with van der Waals surface area (Å²) in [6.07, 6.45) is 1.68. The fourth-order valence-corrected chi connectivity index (χ4v) is 2.67. The monoisotopic (exact) mass is 318 g/mol. The lowest BCUT2D eigenvalue weighted by Gasteiger charge is -2.18. The van der Waals surface area contributed by atoms with E-state index in [1.807, 2.05) is 22.8 Å². The molecule has 0 bridgehead atoms. The average Bonchev–Trinajstić information content (AvgIpc) is 2.82. The zero-order chi connectivity index (χ0) is 15.9. The molecule has 0 radical (unpaired) electrons. The number of imidazole rings is 1. The quantitative estimate of drug-likeness (QED) is 0.783. The first-order valence-electron chi connectivity index (χ1n) is 6.97. The molecule has 0 atom stereocenters. The Morgan fingerprint density at radius 1 is 1.27 bits per heavy atom. The van der Waals surface area contributed by atoms with E-state index >= 15 is 0 Å². The third kappa shape index (κ3) is 2.85. The molecule has 5 heteroatoms. The standard InChI is InChI=1S/C17H16ClFN2O/c1-17(2,22)9-21-10-20-14-7-6-11(8-15(14)21)12-4-3-5-13(18)16(12)19/h3-8,10,22H,9H2,1-2H3. The third-order valence-corrected chi connectivity index (χ3v) is 3.73. The lowest BCUT2D eigenvalue weighted by molar-refractivity contribution is 0.0627. The Morgan fingerprint density at radius 3 is 2.77 bits per heavy atom. The van der Waals surface area contributed by atoms with Crippen LogP contribution in [0.2, 0.25) is 5.02 Å². The summed E-state index contributed by atoms with van der Waals surface area (Å²) in [5.74, 6) is -0.433. The second-order valence-corrected chi connectivity index (χ2v) is 6.40. The van der Waals surface area contributed by atoms with Crippen molar-refractivity contribution >= 4 is 22.6 Å². The van der Waals surface area contributed by atoms with Gasteiger partial charge >= 0.3 is 0 Å². The zero-order valence-electron chi connectivity index (χ0n) is 12.3. The van der Waals surface area contributed by atoms with Crippen LogP contribution in [0.3, 0.4) is 0 Å². The Hall–Kier alpha value is -1.91. The molecule has 3 nitrogen and oxygen atoms in total. The van der Waals surface area contributed by atoms with Gasteiger partial charge in [-0.1, -0.05) is 29.8 Å². The predicted molar refractivity (Wildman–Crippen MR) is 86.4 cm³/mol. The Bertz CT molecular complexity index is 836. The highest BCUT2D eigenvalue weighted by Crippen LogP contribution is 2.30. The van der Waals surface area contributed by atoms with Crippen molar-refractivity contribution in [3.05, 3.63) is 53.6 Å². The summed E-state index contributed by atoms with van der Waals surface area (Å²) in [4.78, 5) is 4.31. The molecule has 0 aliphatic rings. The molecule has 2 aromatic carbocycles. The van der Waals surface area contributed by atoms with Crippen LogP contribution in [0.4, 0.5) is 4.39 Å². The number of fused-ring (bicyclic) bond motifs is 1. The normalized spacial score (nSPS) is 12.0. The first-order valence-corrected chi connectivity index (χ1v) is 7.34. The SMILES string of the molecule is CC(C)(O)Cn1cnc2ccc(-c3cccc(Cl)c3F)cc21. The Kier molecular flexibility index (Phi) is 3.67. The molecule has 1 heterocycles. The summed E-state index contributed by atoms with van der Waals surface area (Å²) in [6, 6.07) is 10.5. The first kappa shape index (κ1) is 15.0. The van der Waals surface area contributed by atoms with Gasteiger partial charge < -0.3 is 9.67 Å². The van der Waals surface area contributed by atoms with Gasteiger partial charge in [0.15, 0.2) is 0 Å². The largest absolute Gasteiger partial charge is 0.389 e. The summed E-state index contributed by atoms with van der Waals surface area (Å²) < 4.78 is 16.1. The van der Waals surface area contributed by atoms with Crippen LogP contribution in [-0.2, 0) is 6.54 Å². The van der Waals surface area contributed by atoms with E-state index in [9.17, 15) is 9.50 Å². The van der Waals surface area contributed by atoms with Crippen LogP contribution in [0.15, 0.2) is 42.7 Å². The van der Waals surface area contributed by atoms with Gasteiger partial charge in [0.05, 0.1) is 34.5 Å². The molecule has 114 valence electrons. The average molecular weight is 319 g/mol. The van der Waals surface area contributed by atoms with Crippen molar-refractivity contribution in [1.82, 2.24) is 9.55 Å². The van der Waals surface area contributed by atoms with Crippen LogP contribution in [0.1, 0.15) is 13.8 Å². The number of halogens is 2. The Balaban J connectivity index is 2.13. The predicted octanol–water partition coefficient (Wildman–Crippen LogP) is 4.27. The lowest BCUT2D eigenvalue weighted by Crippen LogP contribution is -2.25. The fraction of sp³-hybridized carbons (Fsp3) is 0.235. The molecule has 0 unspecified atom stereocenters. The van der Waals surface area contributed by atoms with Gasteiger partial charge in [-0.3, -0.25) is 0 Å². The third-order valence-electron chi connectivity index (χ3n) is 3.44. The number of nitrogens with zero attached hydrogens (tertiary/aromatic N) is 2. The molecule has 0 fully saturated rings. The molecular weight excluding hydrogens is 303 g/mol. The molecule has 0 amide bonds. The van der Waals surface area contributed by atoms with Crippen LogP contribution in [0.5, 0.6) is 0 Å². The number of hydrogen-bond acceptors (Lipinski definition) is 2. The van der Waals surface area contributed by atoms with E-state index in [4.69, 9.17) is 11.6 Å². The number of hydrogen-bond donors (Lipinski definition) is 1. The Labute approximate surface area is 133 Å². The summed E-state index contributed by atoms with van der Waals surface area (Å²) in [5, 5.41) is 10.1. The molecule has 0 aliphatic heterocycles. The lowest BCUT2D eigenvalue weighted by atomic mass is 10.0. The van der Waals surface area contributed by atoms with Crippen molar-refractivity contribution in [3.8, 4) is 11.1 Å². The van der Waals surface area contributed by atoms with E-state index in [0.29, 0.717) is 12.1 Å². The molecule has 3 rings (SSSR count). The van der Waals surface area contributed by atoms with Crippen molar-refractivity contribution in [2.75, 3.05) is 0 Å². The molecule has 3 aromatic rings.